The first kappa shape index (κ1) is 10.3. The second-order valence-electron chi connectivity index (χ2n) is 5.47. The quantitative estimate of drug-likeness (QED) is 0.801. The van der Waals surface area contributed by atoms with Crippen LogP contribution in [0, 0.1) is 11.8 Å². The van der Waals surface area contributed by atoms with E-state index in [9.17, 15) is 0 Å². The van der Waals surface area contributed by atoms with Gasteiger partial charge >= 0.3 is 0 Å². The number of nitrogens with one attached hydrogen (secondary N) is 2. The number of hydrogen-bond donors (Lipinski definition) is 2. The average molecular weight is 220 g/mol. The summed E-state index contributed by atoms with van der Waals surface area (Å²) in [6, 6.07) is 0.424. The molecule has 0 aromatic carbocycles. The highest BCUT2D eigenvalue weighted by Crippen LogP contribution is 2.43. The van der Waals surface area contributed by atoms with Gasteiger partial charge in [0.25, 0.3) is 0 Å². The van der Waals surface area contributed by atoms with Gasteiger partial charge in [0.1, 0.15) is 5.82 Å². The third-order valence-corrected chi connectivity index (χ3v) is 4.08. The molecule has 3 rings (SSSR count). The first-order valence-corrected chi connectivity index (χ1v) is 6.41. The number of fused-ring (bicyclic) bond motifs is 1. The number of hydrogen-bond acceptors (Lipinski definition) is 3. The van der Waals surface area contributed by atoms with Crippen molar-refractivity contribution < 1.29 is 0 Å². The van der Waals surface area contributed by atoms with Crippen LogP contribution in [-0.2, 0) is 0 Å². The molecule has 0 spiro atoms. The molecule has 0 radical (unpaired) electrons. The fourth-order valence-corrected chi connectivity index (χ4v) is 3.17. The van der Waals surface area contributed by atoms with E-state index in [1.54, 1.807) is 0 Å². The summed E-state index contributed by atoms with van der Waals surface area (Å²) in [6.07, 6.45) is 4.12. The van der Waals surface area contributed by atoms with Gasteiger partial charge in [-0.3, -0.25) is 5.10 Å². The molecule has 3 atom stereocenters. The first-order chi connectivity index (χ1) is 7.75. The molecule has 0 bridgehead atoms. The summed E-state index contributed by atoms with van der Waals surface area (Å²) in [5, 5.41) is 11.0. The molecular weight excluding hydrogens is 200 g/mol. The van der Waals surface area contributed by atoms with Gasteiger partial charge in [-0.25, -0.2) is 4.98 Å². The van der Waals surface area contributed by atoms with Crippen LogP contribution in [0.5, 0.6) is 0 Å². The van der Waals surface area contributed by atoms with Crippen molar-refractivity contribution in [1.82, 2.24) is 20.5 Å². The summed E-state index contributed by atoms with van der Waals surface area (Å²) < 4.78 is 0. The van der Waals surface area contributed by atoms with E-state index in [0.29, 0.717) is 12.0 Å². The minimum absolute atomic E-state index is 0.408. The molecule has 2 aliphatic rings. The predicted octanol–water partition coefficient (Wildman–Crippen LogP) is 1.99. The van der Waals surface area contributed by atoms with Gasteiger partial charge in [-0.15, -0.1) is 0 Å². The molecule has 16 heavy (non-hydrogen) atoms. The van der Waals surface area contributed by atoms with Crippen molar-refractivity contribution in [2.75, 3.05) is 6.54 Å². The van der Waals surface area contributed by atoms with E-state index < -0.39 is 0 Å². The maximum atomic E-state index is 4.62. The number of aromatic amines is 1. The summed E-state index contributed by atoms with van der Waals surface area (Å²) in [7, 11) is 0. The van der Waals surface area contributed by atoms with Crippen LogP contribution in [0.3, 0.4) is 0 Å². The highest BCUT2D eigenvalue weighted by Gasteiger charge is 2.41. The number of nitrogens with zero attached hydrogens (tertiary/aromatic N) is 2. The third-order valence-electron chi connectivity index (χ3n) is 4.08. The number of H-pyrrole nitrogens is 1. The van der Waals surface area contributed by atoms with E-state index >= 15 is 0 Å². The molecule has 4 heteroatoms. The van der Waals surface area contributed by atoms with E-state index in [-0.39, 0.29) is 0 Å². The SMILES string of the molecule is CC(C)c1n[nH]c(C2NCC3CCCC32)n1. The Bertz CT molecular complexity index is 371. The molecule has 1 aliphatic heterocycles. The minimum atomic E-state index is 0.408. The van der Waals surface area contributed by atoms with Gasteiger partial charge in [0.05, 0.1) is 6.04 Å². The van der Waals surface area contributed by atoms with Crippen molar-refractivity contribution in [3.63, 3.8) is 0 Å². The Kier molecular flexibility index (Phi) is 2.46. The van der Waals surface area contributed by atoms with Crippen LogP contribution in [-0.4, -0.2) is 21.7 Å². The molecule has 0 amide bonds. The number of aromatic nitrogens is 3. The summed E-state index contributed by atoms with van der Waals surface area (Å²) in [5.41, 5.74) is 0. The van der Waals surface area contributed by atoms with Crippen LogP contribution < -0.4 is 5.32 Å². The lowest BCUT2D eigenvalue weighted by Crippen LogP contribution is -2.19. The fraction of sp³-hybridized carbons (Fsp3) is 0.833. The van der Waals surface area contributed by atoms with E-state index in [2.05, 4.69) is 34.3 Å². The molecule has 1 saturated carbocycles. The van der Waals surface area contributed by atoms with Crippen LogP contribution in [0.2, 0.25) is 0 Å². The highest BCUT2D eigenvalue weighted by molar-refractivity contribution is 5.07. The van der Waals surface area contributed by atoms with Crippen molar-refractivity contribution >= 4 is 0 Å². The molecule has 1 aliphatic carbocycles. The van der Waals surface area contributed by atoms with Gasteiger partial charge in [0, 0.05) is 5.92 Å². The molecule has 4 nitrogen and oxygen atoms in total. The Labute approximate surface area is 96.2 Å². The zero-order valence-electron chi connectivity index (χ0n) is 10.0. The molecule has 1 aromatic rings. The second-order valence-corrected chi connectivity index (χ2v) is 5.47. The summed E-state index contributed by atoms with van der Waals surface area (Å²) in [4.78, 5) is 4.62. The molecular formula is C12H20N4. The molecule has 2 heterocycles. The Balaban J connectivity index is 1.81. The van der Waals surface area contributed by atoms with Gasteiger partial charge in [-0.2, -0.15) is 5.10 Å². The van der Waals surface area contributed by atoms with Crippen molar-refractivity contribution in [2.45, 2.75) is 45.1 Å². The Morgan fingerprint density at radius 1 is 1.31 bits per heavy atom. The minimum Gasteiger partial charge on any atom is -0.307 e. The third kappa shape index (κ3) is 1.56. The average Bonchev–Trinajstić information content (AvgIpc) is 2.92. The molecule has 88 valence electrons. The normalized spacial score (nSPS) is 33.6. The molecule has 2 N–H and O–H groups in total. The lowest BCUT2D eigenvalue weighted by molar-refractivity contribution is 0.408. The van der Waals surface area contributed by atoms with E-state index in [4.69, 9.17) is 0 Å². The maximum absolute atomic E-state index is 4.62. The van der Waals surface area contributed by atoms with Crippen LogP contribution in [0.4, 0.5) is 0 Å². The Hall–Kier alpha value is -0.900. The lowest BCUT2D eigenvalue weighted by atomic mass is 9.94. The summed E-state index contributed by atoms with van der Waals surface area (Å²) >= 11 is 0. The smallest absolute Gasteiger partial charge is 0.153 e. The van der Waals surface area contributed by atoms with Gasteiger partial charge in [-0.05, 0) is 31.2 Å². The highest BCUT2D eigenvalue weighted by atomic mass is 15.2. The van der Waals surface area contributed by atoms with E-state index in [0.717, 1.165) is 30.0 Å². The van der Waals surface area contributed by atoms with E-state index in [1.807, 2.05) is 0 Å². The van der Waals surface area contributed by atoms with Crippen molar-refractivity contribution in [1.29, 1.82) is 0 Å². The lowest BCUT2D eigenvalue weighted by Gasteiger charge is -2.14. The Morgan fingerprint density at radius 3 is 2.94 bits per heavy atom. The molecule has 1 aromatic heterocycles. The standard InChI is InChI=1S/C12H20N4/c1-7(2)11-14-12(16-15-11)10-9-5-3-4-8(9)6-13-10/h7-10,13H,3-6H2,1-2H3,(H,14,15,16). The Morgan fingerprint density at radius 2 is 2.19 bits per heavy atom. The summed E-state index contributed by atoms with van der Waals surface area (Å²) in [5.74, 6) is 4.06. The van der Waals surface area contributed by atoms with Crippen molar-refractivity contribution in [3.05, 3.63) is 11.6 Å². The summed E-state index contributed by atoms with van der Waals surface area (Å²) in [6.45, 7) is 5.42. The van der Waals surface area contributed by atoms with Gasteiger partial charge < -0.3 is 5.32 Å². The molecule has 2 fully saturated rings. The number of rotatable bonds is 2. The van der Waals surface area contributed by atoms with Gasteiger partial charge in [0.15, 0.2) is 5.82 Å². The zero-order chi connectivity index (χ0) is 11.1. The van der Waals surface area contributed by atoms with Crippen molar-refractivity contribution in [3.8, 4) is 0 Å². The van der Waals surface area contributed by atoms with Crippen LogP contribution in [0.15, 0.2) is 0 Å². The largest absolute Gasteiger partial charge is 0.307 e. The van der Waals surface area contributed by atoms with Crippen LogP contribution in [0.25, 0.3) is 0 Å². The second kappa shape index (κ2) is 3.84. The van der Waals surface area contributed by atoms with Crippen LogP contribution >= 0.6 is 0 Å². The monoisotopic (exact) mass is 220 g/mol. The van der Waals surface area contributed by atoms with Crippen LogP contribution in [0.1, 0.15) is 56.7 Å². The molecule has 1 saturated heterocycles. The predicted molar refractivity (Wildman–Crippen MR) is 62.0 cm³/mol. The van der Waals surface area contributed by atoms with Crippen molar-refractivity contribution in [2.24, 2.45) is 11.8 Å². The topological polar surface area (TPSA) is 53.6 Å². The molecule has 3 unspecified atom stereocenters. The van der Waals surface area contributed by atoms with Gasteiger partial charge in [0.2, 0.25) is 0 Å². The zero-order valence-corrected chi connectivity index (χ0v) is 10.0. The van der Waals surface area contributed by atoms with E-state index in [1.165, 1.54) is 19.3 Å². The van der Waals surface area contributed by atoms with Gasteiger partial charge in [-0.1, -0.05) is 20.3 Å². The maximum Gasteiger partial charge on any atom is 0.153 e. The first-order valence-electron chi connectivity index (χ1n) is 6.41. The fourth-order valence-electron chi connectivity index (χ4n) is 3.17.